The first-order chi connectivity index (χ1) is 9.22. The van der Waals surface area contributed by atoms with Gasteiger partial charge in [-0.15, -0.1) is 0 Å². The minimum Gasteiger partial charge on any atom is -0.335 e. The molecule has 1 atom stereocenters. The summed E-state index contributed by atoms with van der Waals surface area (Å²) in [5.74, 6) is 0.972. The average molecular weight is 260 g/mol. The van der Waals surface area contributed by atoms with Crippen molar-refractivity contribution in [3.8, 4) is 0 Å². The Morgan fingerprint density at radius 3 is 2.63 bits per heavy atom. The summed E-state index contributed by atoms with van der Waals surface area (Å²) in [7, 11) is 1.89. The molecule has 3 nitrogen and oxygen atoms in total. The Labute approximate surface area is 116 Å². The fourth-order valence-electron chi connectivity index (χ4n) is 2.45. The molecule has 1 amide bonds. The molecule has 1 aromatic carbocycles. The second-order valence-corrected chi connectivity index (χ2v) is 5.44. The Kier molecular flexibility index (Phi) is 4.97. The lowest BCUT2D eigenvalue weighted by atomic mass is 10.1. The number of hydrogen-bond donors (Lipinski definition) is 1. The van der Waals surface area contributed by atoms with Gasteiger partial charge in [-0.2, -0.15) is 0 Å². The predicted molar refractivity (Wildman–Crippen MR) is 77.7 cm³/mol. The molecule has 1 aliphatic carbocycles. The van der Waals surface area contributed by atoms with Crippen LogP contribution in [-0.4, -0.2) is 30.4 Å². The van der Waals surface area contributed by atoms with Crippen molar-refractivity contribution in [3.63, 3.8) is 0 Å². The number of carbonyl (C=O) groups excluding carboxylic acids is 1. The molecule has 0 aliphatic heterocycles. The van der Waals surface area contributed by atoms with E-state index >= 15 is 0 Å². The Morgan fingerprint density at radius 1 is 1.37 bits per heavy atom. The summed E-state index contributed by atoms with van der Waals surface area (Å²) in [5, 5.41) is 3.05. The van der Waals surface area contributed by atoms with E-state index in [1.807, 2.05) is 25.2 Å². The minimum absolute atomic E-state index is 0.262. The molecule has 0 bridgehead atoms. The monoisotopic (exact) mass is 260 g/mol. The number of nitrogens with one attached hydrogen (secondary N) is 1. The molecule has 104 valence electrons. The van der Waals surface area contributed by atoms with E-state index in [2.05, 4.69) is 29.3 Å². The van der Waals surface area contributed by atoms with Crippen molar-refractivity contribution in [2.75, 3.05) is 13.6 Å². The van der Waals surface area contributed by atoms with Gasteiger partial charge in [0.15, 0.2) is 0 Å². The van der Waals surface area contributed by atoms with E-state index in [0.717, 1.165) is 13.1 Å². The molecule has 1 unspecified atom stereocenters. The van der Waals surface area contributed by atoms with Crippen molar-refractivity contribution in [3.05, 3.63) is 35.9 Å². The van der Waals surface area contributed by atoms with Crippen molar-refractivity contribution in [2.24, 2.45) is 5.92 Å². The quantitative estimate of drug-likeness (QED) is 0.816. The Balaban J connectivity index is 2.02. The fourth-order valence-corrected chi connectivity index (χ4v) is 2.45. The third-order valence-electron chi connectivity index (χ3n) is 3.90. The van der Waals surface area contributed by atoms with Crippen LogP contribution in [-0.2, 0) is 11.3 Å². The van der Waals surface area contributed by atoms with Gasteiger partial charge in [0, 0.05) is 25.6 Å². The van der Waals surface area contributed by atoms with Gasteiger partial charge in [0.1, 0.15) is 0 Å². The Hall–Kier alpha value is -1.35. The lowest BCUT2D eigenvalue weighted by Crippen LogP contribution is -2.40. The third kappa shape index (κ3) is 4.06. The van der Waals surface area contributed by atoms with Crippen LogP contribution in [0.25, 0.3) is 0 Å². The van der Waals surface area contributed by atoms with Crippen LogP contribution in [0.2, 0.25) is 0 Å². The highest BCUT2D eigenvalue weighted by atomic mass is 16.2. The summed E-state index contributed by atoms with van der Waals surface area (Å²) >= 11 is 0. The van der Waals surface area contributed by atoms with E-state index < -0.39 is 0 Å². The van der Waals surface area contributed by atoms with Crippen LogP contribution in [0, 0.1) is 5.92 Å². The van der Waals surface area contributed by atoms with Crippen LogP contribution in [0.5, 0.6) is 0 Å². The Morgan fingerprint density at radius 2 is 2.05 bits per heavy atom. The van der Waals surface area contributed by atoms with E-state index in [0.29, 0.717) is 18.4 Å². The normalized spacial score (nSPS) is 16.1. The second kappa shape index (κ2) is 6.71. The van der Waals surface area contributed by atoms with Crippen LogP contribution in [0.4, 0.5) is 0 Å². The molecular weight excluding hydrogens is 236 g/mol. The van der Waals surface area contributed by atoms with Crippen LogP contribution in [0.1, 0.15) is 31.7 Å². The average Bonchev–Trinajstić information content (AvgIpc) is 3.27. The summed E-state index contributed by atoms with van der Waals surface area (Å²) in [6.45, 7) is 3.68. The number of benzene rings is 1. The van der Waals surface area contributed by atoms with Gasteiger partial charge in [0.25, 0.3) is 0 Å². The van der Waals surface area contributed by atoms with Crippen molar-refractivity contribution in [2.45, 2.75) is 38.8 Å². The van der Waals surface area contributed by atoms with Crippen LogP contribution >= 0.6 is 0 Å². The van der Waals surface area contributed by atoms with E-state index in [1.165, 1.54) is 18.4 Å². The van der Waals surface area contributed by atoms with Crippen molar-refractivity contribution in [1.82, 2.24) is 10.2 Å². The smallest absolute Gasteiger partial charge is 0.224 e. The molecule has 0 heterocycles. The van der Waals surface area contributed by atoms with Gasteiger partial charge < -0.3 is 10.2 Å². The molecule has 1 aromatic rings. The van der Waals surface area contributed by atoms with E-state index in [4.69, 9.17) is 0 Å². The topological polar surface area (TPSA) is 32.3 Å². The van der Waals surface area contributed by atoms with E-state index in [9.17, 15) is 4.79 Å². The first-order valence-electron chi connectivity index (χ1n) is 7.20. The number of nitrogens with zero attached hydrogens (tertiary/aromatic N) is 1. The largest absolute Gasteiger partial charge is 0.335 e. The number of hydrogen-bond acceptors (Lipinski definition) is 2. The summed E-state index contributed by atoms with van der Waals surface area (Å²) in [6.07, 6.45) is 3.12. The van der Waals surface area contributed by atoms with Crippen molar-refractivity contribution >= 4 is 5.91 Å². The highest BCUT2D eigenvalue weighted by molar-refractivity contribution is 5.76. The van der Waals surface area contributed by atoms with Gasteiger partial charge in [0.2, 0.25) is 5.91 Å². The van der Waals surface area contributed by atoms with Crippen molar-refractivity contribution in [1.29, 1.82) is 0 Å². The lowest BCUT2D eigenvalue weighted by molar-refractivity contribution is -0.134. The van der Waals surface area contributed by atoms with Gasteiger partial charge in [-0.3, -0.25) is 4.79 Å². The molecule has 1 saturated carbocycles. The zero-order chi connectivity index (χ0) is 13.7. The molecule has 1 aliphatic rings. The van der Waals surface area contributed by atoms with E-state index in [1.54, 1.807) is 0 Å². The SMILES string of the molecule is CNCCC(=O)N(Cc1ccccc1)C(C)C1CC1. The number of rotatable bonds is 7. The molecule has 0 aromatic heterocycles. The molecular formula is C16H24N2O. The minimum atomic E-state index is 0.262. The van der Waals surface area contributed by atoms with Crippen LogP contribution < -0.4 is 5.32 Å². The number of amides is 1. The molecule has 0 radical (unpaired) electrons. The van der Waals surface area contributed by atoms with Gasteiger partial charge in [-0.05, 0) is 38.3 Å². The van der Waals surface area contributed by atoms with Gasteiger partial charge >= 0.3 is 0 Å². The highest BCUT2D eigenvalue weighted by Gasteiger charge is 2.33. The molecule has 1 fully saturated rings. The van der Waals surface area contributed by atoms with Crippen molar-refractivity contribution < 1.29 is 4.79 Å². The standard InChI is InChI=1S/C16H24N2O/c1-13(15-8-9-15)18(16(19)10-11-17-2)12-14-6-4-3-5-7-14/h3-7,13,15,17H,8-12H2,1-2H3. The summed E-state index contributed by atoms with van der Waals surface area (Å²) < 4.78 is 0. The zero-order valence-corrected chi connectivity index (χ0v) is 11.9. The summed E-state index contributed by atoms with van der Waals surface area (Å²) in [5.41, 5.74) is 1.22. The number of carbonyl (C=O) groups is 1. The highest BCUT2D eigenvalue weighted by Crippen LogP contribution is 2.35. The summed E-state index contributed by atoms with van der Waals surface area (Å²) in [6, 6.07) is 10.6. The zero-order valence-electron chi connectivity index (χ0n) is 11.9. The first kappa shape index (κ1) is 14.1. The maximum absolute atomic E-state index is 12.4. The molecule has 0 spiro atoms. The first-order valence-corrected chi connectivity index (χ1v) is 7.20. The van der Waals surface area contributed by atoms with Gasteiger partial charge in [-0.1, -0.05) is 30.3 Å². The molecule has 3 heteroatoms. The van der Waals surface area contributed by atoms with Gasteiger partial charge in [0.05, 0.1) is 0 Å². The second-order valence-electron chi connectivity index (χ2n) is 5.44. The summed E-state index contributed by atoms with van der Waals surface area (Å²) in [4.78, 5) is 14.4. The Bertz CT molecular complexity index is 400. The van der Waals surface area contributed by atoms with Crippen LogP contribution in [0.15, 0.2) is 30.3 Å². The molecule has 1 N–H and O–H groups in total. The van der Waals surface area contributed by atoms with Gasteiger partial charge in [-0.25, -0.2) is 0 Å². The molecule has 0 saturated heterocycles. The molecule has 2 rings (SSSR count). The van der Waals surface area contributed by atoms with Crippen LogP contribution in [0.3, 0.4) is 0 Å². The van der Waals surface area contributed by atoms with E-state index in [-0.39, 0.29) is 5.91 Å². The lowest BCUT2D eigenvalue weighted by Gasteiger charge is -2.30. The maximum Gasteiger partial charge on any atom is 0.224 e. The third-order valence-corrected chi connectivity index (χ3v) is 3.90. The predicted octanol–water partition coefficient (Wildman–Crippen LogP) is 2.42. The fraction of sp³-hybridized carbons (Fsp3) is 0.562. The molecule has 19 heavy (non-hydrogen) atoms. The maximum atomic E-state index is 12.4.